The van der Waals surface area contributed by atoms with E-state index in [9.17, 15) is 9.59 Å². The maximum Gasteiger partial charge on any atom is 0.338 e. The van der Waals surface area contributed by atoms with Gasteiger partial charge in [0.2, 0.25) is 0 Å². The summed E-state index contributed by atoms with van der Waals surface area (Å²) in [5, 5.41) is 0. The van der Waals surface area contributed by atoms with E-state index in [1.165, 1.54) is 11.3 Å². The van der Waals surface area contributed by atoms with Crippen molar-refractivity contribution in [2.75, 3.05) is 13.7 Å². The van der Waals surface area contributed by atoms with Crippen molar-refractivity contribution in [1.82, 2.24) is 4.57 Å². The van der Waals surface area contributed by atoms with Gasteiger partial charge >= 0.3 is 5.97 Å². The van der Waals surface area contributed by atoms with Crippen molar-refractivity contribution < 1.29 is 19.0 Å². The number of hydrogen-bond acceptors (Lipinski definition) is 7. The molecule has 4 rings (SSSR count). The molecule has 7 nitrogen and oxygen atoms in total. The third kappa shape index (κ3) is 5.17. The number of nitrogens with zero attached hydrogens (tertiary/aromatic N) is 2. The van der Waals surface area contributed by atoms with Crippen LogP contribution in [-0.4, -0.2) is 30.4 Å². The lowest BCUT2D eigenvalue weighted by Crippen LogP contribution is -2.39. The van der Waals surface area contributed by atoms with Crippen molar-refractivity contribution in [3.8, 4) is 11.5 Å². The molecule has 0 saturated heterocycles. The van der Waals surface area contributed by atoms with E-state index in [2.05, 4.69) is 20.9 Å². The minimum Gasteiger partial charge on any atom is -0.496 e. The summed E-state index contributed by atoms with van der Waals surface area (Å²) in [6.45, 7) is 7.68. The molecule has 1 aromatic heterocycles. The molecule has 2 aromatic carbocycles. The van der Waals surface area contributed by atoms with Crippen LogP contribution < -0.4 is 24.4 Å². The Balaban J connectivity index is 1.87. The third-order valence-corrected chi connectivity index (χ3v) is 7.16. The van der Waals surface area contributed by atoms with E-state index in [0.717, 1.165) is 16.9 Å². The number of fused-ring (bicyclic) bond motifs is 1. The van der Waals surface area contributed by atoms with Crippen LogP contribution in [0.3, 0.4) is 0 Å². The molecule has 1 aliphatic heterocycles. The van der Waals surface area contributed by atoms with E-state index in [1.54, 1.807) is 31.6 Å². The molecule has 0 aliphatic carbocycles. The Labute approximate surface area is 221 Å². The van der Waals surface area contributed by atoms with E-state index >= 15 is 0 Å². The highest BCUT2D eigenvalue weighted by Crippen LogP contribution is 2.35. The number of benzene rings is 2. The SMILES string of the molecule is CCOC(=O)C1=C(C)N=c2s/c(=C\c3ccc(OC(C)C)cc3)c(=O)n2[C@H]1c1ccc(OC)c(Br)c1. The quantitative estimate of drug-likeness (QED) is 0.394. The molecule has 0 unspecified atom stereocenters. The highest BCUT2D eigenvalue weighted by Gasteiger charge is 2.33. The topological polar surface area (TPSA) is 79.1 Å². The summed E-state index contributed by atoms with van der Waals surface area (Å²) in [7, 11) is 1.58. The number of carbonyl (C=O) groups excluding carboxylic acids is 1. The lowest BCUT2D eigenvalue weighted by Gasteiger charge is -2.25. The lowest BCUT2D eigenvalue weighted by atomic mass is 9.96. The van der Waals surface area contributed by atoms with E-state index < -0.39 is 12.0 Å². The smallest absolute Gasteiger partial charge is 0.338 e. The van der Waals surface area contributed by atoms with E-state index in [4.69, 9.17) is 14.2 Å². The number of methoxy groups -OCH3 is 1. The molecule has 0 spiro atoms. The van der Waals surface area contributed by atoms with Crippen LogP contribution in [0.15, 0.2) is 68.0 Å². The first-order valence-corrected chi connectivity index (χ1v) is 13.1. The number of thiazole rings is 1. The molecule has 1 atom stereocenters. The number of carbonyl (C=O) groups is 1. The molecule has 0 N–H and O–H groups in total. The zero-order chi connectivity index (χ0) is 26.0. The van der Waals surface area contributed by atoms with Gasteiger partial charge in [0.25, 0.3) is 5.56 Å². The molecule has 2 heterocycles. The molecule has 188 valence electrons. The summed E-state index contributed by atoms with van der Waals surface area (Å²) in [4.78, 5) is 31.9. The van der Waals surface area contributed by atoms with E-state index in [-0.39, 0.29) is 18.3 Å². The third-order valence-electron chi connectivity index (χ3n) is 5.56. The van der Waals surface area contributed by atoms with Crippen LogP contribution in [-0.2, 0) is 9.53 Å². The first kappa shape index (κ1) is 25.9. The Bertz CT molecular complexity index is 1500. The van der Waals surface area contributed by atoms with Gasteiger partial charge in [-0.1, -0.05) is 29.5 Å². The van der Waals surface area contributed by atoms with Crippen LogP contribution in [0.25, 0.3) is 6.08 Å². The van der Waals surface area contributed by atoms with Gasteiger partial charge in [-0.15, -0.1) is 0 Å². The van der Waals surface area contributed by atoms with Gasteiger partial charge in [-0.2, -0.15) is 0 Å². The summed E-state index contributed by atoms with van der Waals surface area (Å²) in [6, 6.07) is 12.4. The molecular weight excluding hydrogens is 544 g/mol. The van der Waals surface area contributed by atoms with E-state index in [0.29, 0.717) is 30.8 Å². The fraction of sp³-hybridized carbons (Fsp3) is 0.296. The maximum atomic E-state index is 13.7. The first-order chi connectivity index (χ1) is 17.2. The van der Waals surface area contributed by atoms with E-state index in [1.807, 2.05) is 56.3 Å². The van der Waals surface area contributed by atoms with Crippen molar-refractivity contribution in [2.45, 2.75) is 39.8 Å². The Morgan fingerprint density at radius 3 is 2.56 bits per heavy atom. The minimum absolute atomic E-state index is 0.0781. The Hall–Kier alpha value is -3.17. The largest absolute Gasteiger partial charge is 0.496 e. The van der Waals surface area contributed by atoms with Crippen molar-refractivity contribution in [1.29, 1.82) is 0 Å². The molecule has 0 saturated carbocycles. The lowest BCUT2D eigenvalue weighted by molar-refractivity contribution is -0.139. The van der Waals surface area contributed by atoms with Crippen LogP contribution in [0.5, 0.6) is 11.5 Å². The van der Waals surface area contributed by atoms with Crippen LogP contribution in [0.1, 0.15) is 44.9 Å². The fourth-order valence-corrected chi connectivity index (χ4v) is 5.63. The Morgan fingerprint density at radius 1 is 1.22 bits per heavy atom. The van der Waals surface area contributed by atoms with Gasteiger partial charge in [-0.25, -0.2) is 9.79 Å². The average Bonchev–Trinajstić information content (AvgIpc) is 3.13. The summed E-state index contributed by atoms with van der Waals surface area (Å²) in [5.74, 6) is 0.920. The molecule has 9 heteroatoms. The highest BCUT2D eigenvalue weighted by atomic mass is 79.9. The second kappa shape index (κ2) is 10.8. The molecule has 0 bridgehead atoms. The van der Waals surface area contributed by atoms with Crippen LogP contribution in [0.4, 0.5) is 0 Å². The van der Waals surface area contributed by atoms with Crippen molar-refractivity contribution >= 4 is 39.3 Å². The average molecular weight is 571 g/mol. The van der Waals surface area contributed by atoms with Gasteiger partial charge in [-0.05, 0) is 85.1 Å². The zero-order valence-corrected chi connectivity index (χ0v) is 23.1. The Morgan fingerprint density at radius 2 is 1.94 bits per heavy atom. The molecule has 1 aliphatic rings. The van der Waals surface area contributed by atoms with Gasteiger partial charge in [0.1, 0.15) is 11.5 Å². The van der Waals surface area contributed by atoms with Crippen molar-refractivity contribution in [3.63, 3.8) is 0 Å². The fourth-order valence-electron chi connectivity index (χ4n) is 4.03. The van der Waals surface area contributed by atoms with Crippen molar-refractivity contribution in [3.05, 3.63) is 89.0 Å². The number of ether oxygens (including phenoxy) is 3. The zero-order valence-electron chi connectivity index (χ0n) is 20.7. The van der Waals surface area contributed by atoms with Crippen molar-refractivity contribution in [2.24, 2.45) is 4.99 Å². The molecule has 0 radical (unpaired) electrons. The normalized spacial score (nSPS) is 15.5. The van der Waals surface area contributed by atoms with Gasteiger partial charge in [0.05, 0.1) is 46.1 Å². The molecule has 3 aromatic rings. The Kier molecular flexibility index (Phi) is 7.80. The second-order valence-corrected chi connectivity index (χ2v) is 10.3. The summed E-state index contributed by atoms with van der Waals surface area (Å²) in [5.41, 5.74) is 2.23. The minimum atomic E-state index is -0.688. The molecular formula is C27H27BrN2O5S. The standard InChI is InChI=1S/C27H27BrN2O5S/c1-6-34-26(32)23-16(4)29-27-30(24(23)18-9-12-21(33-5)20(28)14-18)25(31)22(36-27)13-17-7-10-19(11-8-17)35-15(2)3/h7-15,24H,6H2,1-5H3/b22-13-/t24-/m0/s1. The van der Waals surface area contributed by atoms with Crippen LogP contribution in [0.2, 0.25) is 0 Å². The van der Waals surface area contributed by atoms with Gasteiger partial charge < -0.3 is 14.2 Å². The summed E-state index contributed by atoms with van der Waals surface area (Å²) in [6.07, 6.45) is 1.90. The summed E-state index contributed by atoms with van der Waals surface area (Å²) >= 11 is 4.81. The summed E-state index contributed by atoms with van der Waals surface area (Å²) < 4.78 is 19.2. The number of aromatic nitrogens is 1. The molecule has 0 fully saturated rings. The van der Waals surface area contributed by atoms with Crippen LogP contribution >= 0.6 is 27.3 Å². The number of esters is 1. The predicted octanol–water partition coefficient (Wildman–Crippen LogP) is 4.36. The highest BCUT2D eigenvalue weighted by molar-refractivity contribution is 9.10. The van der Waals surface area contributed by atoms with Gasteiger partial charge in [0, 0.05) is 0 Å². The van der Waals surface area contributed by atoms with Gasteiger partial charge in [-0.3, -0.25) is 9.36 Å². The molecule has 0 amide bonds. The predicted molar refractivity (Wildman–Crippen MR) is 143 cm³/mol. The first-order valence-electron chi connectivity index (χ1n) is 11.5. The van der Waals surface area contributed by atoms with Crippen LogP contribution in [0, 0.1) is 0 Å². The monoisotopic (exact) mass is 570 g/mol. The number of hydrogen-bond donors (Lipinski definition) is 0. The second-order valence-electron chi connectivity index (χ2n) is 8.43. The number of halogens is 1. The van der Waals surface area contributed by atoms with Gasteiger partial charge in [0.15, 0.2) is 4.80 Å². The maximum absolute atomic E-state index is 13.7. The number of rotatable bonds is 7. The molecule has 36 heavy (non-hydrogen) atoms. The number of allylic oxidation sites excluding steroid dienone is 1.